The third kappa shape index (κ3) is 4.27. The van der Waals surface area contributed by atoms with E-state index in [1.165, 1.54) is 4.90 Å². The topological polar surface area (TPSA) is 146 Å². The number of amides is 1. The Morgan fingerprint density at radius 3 is 2.84 bits per heavy atom. The number of ether oxygens (including phenoxy) is 2. The van der Waals surface area contributed by atoms with Crippen molar-refractivity contribution in [1.82, 2.24) is 10.2 Å². The molecular formula is C15H24N2O8. The molecule has 2 rings (SSSR count). The smallest absolute Gasteiger partial charge is 0.325 e. The van der Waals surface area contributed by atoms with Crippen molar-refractivity contribution in [2.45, 2.75) is 50.2 Å². The molecule has 0 aromatic carbocycles. The highest BCUT2D eigenvalue weighted by Crippen LogP contribution is 2.29. The number of esters is 2. The van der Waals surface area contributed by atoms with E-state index in [1.807, 2.05) is 0 Å². The fourth-order valence-electron chi connectivity index (χ4n) is 3.22. The van der Waals surface area contributed by atoms with Gasteiger partial charge in [0.25, 0.3) is 0 Å². The van der Waals surface area contributed by atoms with Crippen LogP contribution in [0, 0.1) is 0 Å². The average molecular weight is 360 g/mol. The van der Waals surface area contributed by atoms with E-state index in [4.69, 9.17) is 14.6 Å². The molecule has 0 aromatic heterocycles. The van der Waals surface area contributed by atoms with E-state index in [1.54, 1.807) is 6.92 Å². The van der Waals surface area contributed by atoms with Crippen LogP contribution in [-0.2, 0) is 23.9 Å². The Kier molecular flexibility index (Phi) is 6.71. The van der Waals surface area contributed by atoms with Gasteiger partial charge in [-0.2, -0.15) is 0 Å². The predicted octanol–water partition coefficient (Wildman–Crippen LogP) is -2.86. The summed E-state index contributed by atoms with van der Waals surface area (Å²) in [6, 6.07) is -1.91. The highest BCUT2D eigenvalue weighted by Gasteiger charge is 2.51. The molecule has 2 aliphatic rings. The van der Waals surface area contributed by atoms with Crippen LogP contribution in [0.3, 0.4) is 0 Å². The number of hydrogen-bond donors (Lipinski definition) is 4. The molecule has 2 fully saturated rings. The lowest BCUT2D eigenvalue weighted by molar-refractivity contribution is -0.166. The van der Waals surface area contributed by atoms with E-state index in [-0.39, 0.29) is 13.2 Å². The summed E-state index contributed by atoms with van der Waals surface area (Å²) in [7, 11) is 0. The maximum absolute atomic E-state index is 12.5. The zero-order valence-electron chi connectivity index (χ0n) is 14.0. The number of cyclic esters (lactones) is 1. The van der Waals surface area contributed by atoms with Crippen molar-refractivity contribution in [2.24, 2.45) is 0 Å². The molecule has 10 heteroatoms. The summed E-state index contributed by atoms with van der Waals surface area (Å²) in [4.78, 5) is 37.7. The Labute approximate surface area is 144 Å². The molecule has 0 saturated carbocycles. The summed E-state index contributed by atoms with van der Waals surface area (Å²) in [6.45, 7) is 1.07. The Morgan fingerprint density at radius 2 is 2.20 bits per heavy atom. The third-order valence-corrected chi connectivity index (χ3v) is 4.38. The Hall–Kier alpha value is -1.75. The van der Waals surface area contributed by atoms with Gasteiger partial charge >= 0.3 is 11.9 Å². The van der Waals surface area contributed by atoms with Crippen molar-refractivity contribution in [3.63, 3.8) is 0 Å². The fraction of sp³-hybridized carbons (Fsp3) is 0.800. The van der Waals surface area contributed by atoms with E-state index in [0.29, 0.717) is 19.4 Å². The number of carbonyl (C=O) groups is 3. The lowest BCUT2D eigenvalue weighted by atomic mass is 9.99. The molecule has 0 bridgehead atoms. The molecular weight excluding hydrogens is 336 g/mol. The number of carbonyl (C=O) groups excluding carboxylic acids is 3. The van der Waals surface area contributed by atoms with Gasteiger partial charge in [0.05, 0.1) is 13.2 Å². The molecule has 0 spiro atoms. The largest absolute Gasteiger partial charge is 0.465 e. The summed E-state index contributed by atoms with van der Waals surface area (Å²) in [5.74, 6) is -1.97. The number of aliphatic hydroxyl groups excluding tert-OH is 3. The summed E-state index contributed by atoms with van der Waals surface area (Å²) < 4.78 is 9.85. The molecule has 10 nitrogen and oxygen atoms in total. The van der Waals surface area contributed by atoms with Crippen LogP contribution in [0.15, 0.2) is 0 Å². The molecule has 25 heavy (non-hydrogen) atoms. The molecule has 0 aromatic rings. The lowest BCUT2D eigenvalue weighted by Crippen LogP contribution is -2.58. The van der Waals surface area contributed by atoms with Crippen molar-refractivity contribution in [2.75, 3.05) is 26.3 Å². The van der Waals surface area contributed by atoms with Crippen molar-refractivity contribution >= 4 is 17.8 Å². The fourth-order valence-corrected chi connectivity index (χ4v) is 3.22. The Morgan fingerprint density at radius 1 is 1.48 bits per heavy atom. The van der Waals surface area contributed by atoms with Crippen LogP contribution in [0.2, 0.25) is 0 Å². The molecule has 2 saturated heterocycles. The summed E-state index contributed by atoms with van der Waals surface area (Å²) in [5.41, 5.74) is 0. The van der Waals surface area contributed by atoms with Crippen LogP contribution in [0.25, 0.3) is 0 Å². The Balaban J connectivity index is 2.19. The minimum absolute atomic E-state index is 0.169. The van der Waals surface area contributed by atoms with Crippen molar-refractivity contribution < 1.29 is 39.2 Å². The van der Waals surface area contributed by atoms with Gasteiger partial charge in [0.2, 0.25) is 5.91 Å². The molecule has 1 amide bonds. The van der Waals surface area contributed by atoms with Gasteiger partial charge in [-0.05, 0) is 26.3 Å². The number of aliphatic hydroxyl groups is 3. The number of nitrogens with zero attached hydrogens (tertiary/aromatic N) is 1. The van der Waals surface area contributed by atoms with E-state index in [0.717, 1.165) is 0 Å². The summed E-state index contributed by atoms with van der Waals surface area (Å²) in [5, 5.41) is 31.9. The highest BCUT2D eigenvalue weighted by molar-refractivity contribution is 5.88. The second-order valence-corrected chi connectivity index (χ2v) is 6.01. The van der Waals surface area contributed by atoms with Gasteiger partial charge in [-0.25, -0.2) is 0 Å². The van der Waals surface area contributed by atoms with Gasteiger partial charge in [-0.3, -0.25) is 19.3 Å². The highest BCUT2D eigenvalue weighted by atomic mass is 16.6. The van der Waals surface area contributed by atoms with Gasteiger partial charge in [0.15, 0.2) is 6.10 Å². The SMILES string of the molecule is CCOC(=O)CNC(=O)[C@@H]1[C@H](O)[C@@H]([C@H](O)CO)OC(=O)[C@@H]2CCCN12. The molecule has 4 N–H and O–H groups in total. The monoisotopic (exact) mass is 360 g/mol. The maximum atomic E-state index is 12.5. The average Bonchev–Trinajstić information content (AvgIpc) is 3.03. The molecule has 5 atom stereocenters. The first kappa shape index (κ1) is 19.6. The molecule has 0 unspecified atom stereocenters. The standard InChI is InChI=1S/C15H24N2O8/c1-2-24-10(20)6-16-14(22)11-12(21)13(9(19)7-18)25-15(23)8-4-3-5-17(8)11/h8-9,11-13,18-19,21H,2-7H2,1H3,(H,16,22)/t8-,9+,11-,12-,13+/m0/s1. The molecule has 2 aliphatic heterocycles. The second-order valence-electron chi connectivity index (χ2n) is 6.01. The van der Waals surface area contributed by atoms with Crippen LogP contribution < -0.4 is 5.32 Å². The van der Waals surface area contributed by atoms with E-state index < -0.39 is 54.8 Å². The van der Waals surface area contributed by atoms with Crippen molar-refractivity contribution in [3.8, 4) is 0 Å². The maximum Gasteiger partial charge on any atom is 0.325 e. The van der Waals surface area contributed by atoms with Crippen molar-refractivity contribution in [3.05, 3.63) is 0 Å². The van der Waals surface area contributed by atoms with Crippen LogP contribution >= 0.6 is 0 Å². The Bertz CT molecular complexity index is 514. The summed E-state index contributed by atoms with van der Waals surface area (Å²) in [6.07, 6.45) is -3.44. The van der Waals surface area contributed by atoms with Crippen LogP contribution in [0.1, 0.15) is 19.8 Å². The van der Waals surface area contributed by atoms with Crippen molar-refractivity contribution in [1.29, 1.82) is 0 Å². The van der Waals surface area contributed by atoms with E-state index >= 15 is 0 Å². The van der Waals surface area contributed by atoms with Gasteiger partial charge in [0, 0.05) is 0 Å². The minimum Gasteiger partial charge on any atom is -0.465 e. The first-order chi connectivity index (χ1) is 11.9. The van der Waals surface area contributed by atoms with E-state index in [9.17, 15) is 24.6 Å². The van der Waals surface area contributed by atoms with Gasteiger partial charge in [-0.15, -0.1) is 0 Å². The second kappa shape index (κ2) is 8.56. The third-order valence-electron chi connectivity index (χ3n) is 4.38. The van der Waals surface area contributed by atoms with Gasteiger partial charge in [-0.1, -0.05) is 0 Å². The lowest BCUT2D eigenvalue weighted by Gasteiger charge is -2.32. The van der Waals surface area contributed by atoms with Gasteiger partial charge in [0.1, 0.15) is 30.8 Å². The first-order valence-electron chi connectivity index (χ1n) is 8.27. The quantitative estimate of drug-likeness (QED) is 0.367. The first-order valence-corrected chi connectivity index (χ1v) is 8.27. The molecule has 2 heterocycles. The molecule has 0 radical (unpaired) electrons. The van der Waals surface area contributed by atoms with Crippen LogP contribution in [-0.4, -0.2) is 94.8 Å². The number of nitrogens with one attached hydrogen (secondary N) is 1. The zero-order valence-corrected chi connectivity index (χ0v) is 14.0. The molecule has 0 aliphatic carbocycles. The number of hydrogen-bond acceptors (Lipinski definition) is 9. The zero-order chi connectivity index (χ0) is 18.6. The van der Waals surface area contributed by atoms with E-state index in [2.05, 4.69) is 5.32 Å². The van der Waals surface area contributed by atoms with Crippen LogP contribution in [0.5, 0.6) is 0 Å². The normalized spacial score (nSPS) is 30.8. The number of rotatable bonds is 6. The summed E-state index contributed by atoms with van der Waals surface area (Å²) >= 11 is 0. The number of fused-ring (bicyclic) bond motifs is 1. The minimum atomic E-state index is -1.56. The predicted molar refractivity (Wildman–Crippen MR) is 82.1 cm³/mol. The molecule has 142 valence electrons. The van der Waals surface area contributed by atoms with Crippen LogP contribution in [0.4, 0.5) is 0 Å². The van der Waals surface area contributed by atoms with Gasteiger partial charge < -0.3 is 30.1 Å².